The van der Waals surface area contributed by atoms with E-state index in [0.29, 0.717) is 6.04 Å². The summed E-state index contributed by atoms with van der Waals surface area (Å²) in [6.07, 6.45) is 5.65. The molecule has 4 nitrogen and oxygen atoms in total. The number of anilines is 1. The largest absolute Gasteiger partial charge is 0.366 e. The minimum Gasteiger partial charge on any atom is -0.366 e. The summed E-state index contributed by atoms with van der Waals surface area (Å²) in [5.41, 5.74) is 0. The molecule has 78 valence electrons. The highest BCUT2D eigenvalue weighted by Crippen LogP contribution is 2.11. The Morgan fingerprint density at radius 1 is 1.50 bits per heavy atom. The summed E-state index contributed by atoms with van der Waals surface area (Å²) in [4.78, 5) is 0. The molecule has 0 bridgehead atoms. The Balaban J connectivity index is 1.89. The molecular weight excluding hydrogens is 176 g/mol. The lowest BCUT2D eigenvalue weighted by Crippen LogP contribution is -2.21. The number of aromatic nitrogens is 2. The van der Waals surface area contributed by atoms with Crippen molar-refractivity contribution in [1.82, 2.24) is 15.1 Å². The van der Waals surface area contributed by atoms with Crippen LogP contribution in [-0.2, 0) is 7.05 Å². The lowest BCUT2D eigenvalue weighted by Gasteiger charge is -2.14. The fourth-order valence-corrected chi connectivity index (χ4v) is 1.86. The number of nitrogens with one attached hydrogen (secondary N) is 2. The number of hydrogen-bond donors (Lipinski definition) is 2. The van der Waals surface area contributed by atoms with Gasteiger partial charge in [0.15, 0.2) is 0 Å². The molecule has 0 amide bonds. The Kier molecular flexibility index (Phi) is 3.03. The van der Waals surface area contributed by atoms with E-state index < -0.39 is 0 Å². The van der Waals surface area contributed by atoms with Gasteiger partial charge >= 0.3 is 0 Å². The SMILES string of the molecule is Cn1ccc(NC2CCCNCC2)n1. The van der Waals surface area contributed by atoms with E-state index in [2.05, 4.69) is 15.7 Å². The van der Waals surface area contributed by atoms with Crippen molar-refractivity contribution in [1.29, 1.82) is 0 Å². The quantitative estimate of drug-likeness (QED) is 0.737. The normalized spacial score (nSPS) is 23.1. The first-order valence-electron chi connectivity index (χ1n) is 5.31. The van der Waals surface area contributed by atoms with Crippen LogP contribution in [0.2, 0.25) is 0 Å². The van der Waals surface area contributed by atoms with Gasteiger partial charge in [0.25, 0.3) is 0 Å². The molecule has 1 unspecified atom stereocenters. The van der Waals surface area contributed by atoms with E-state index >= 15 is 0 Å². The third kappa shape index (κ3) is 2.48. The molecule has 1 aliphatic heterocycles. The van der Waals surface area contributed by atoms with Crippen molar-refractivity contribution in [2.75, 3.05) is 18.4 Å². The van der Waals surface area contributed by atoms with Crippen LogP contribution in [0.3, 0.4) is 0 Å². The Labute approximate surface area is 84.7 Å². The van der Waals surface area contributed by atoms with Crippen LogP contribution < -0.4 is 10.6 Å². The molecule has 0 aliphatic carbocycles. The van der Waals surface area contributed by atoms with Gasteiger partial charge in [0.2, 0.25) is 0 Å². The van der Waals surface area contributed by atoms with Crippen LogP contribution in [0.1, 0.15) is 19.3 Å². The van der Waals surface area contributed by atoms with E-state index in [9.17, 15) is 0 Å². The van der Waals surface area contributed by atoms with Gasteiger partial charge in [-0.15, -0.1) is 0 Å². The predicted molar refractivity (Wildman–Crippen MR) is 57.3 cm³/mol. The van der Waals surface area contributed by atoms with E-state index in [-0.39, 0.29) is 0 Å². The molecule has 1 aromatic rings. The summed E-state index contributed by atoms with van der Waals surface area (Å²) >= 11 is 0. The Morgan fingerprint density at radius 3 is 3.21 bits per heavy atom. The zero-order valence-electron chi connectivity index (χ0n) is 8.66. The summed E-state index contributed by atoms with van der Waals surface area (Å²) < 4.78 is 1.83. The van der Waals surface area contributed by atoms with Crippen LogP contribution in [-0.4, -0.2) is 28.9 Å². The van der Waals surface area contributed by atoms with Crippen molar-refractivity contribution in [2.24, 2.45) is 7.05 Å². The number of hydrogen-bond acceptors (Lipinski definition) is 3. The summed E-state index contributed by atoms with van der Waals surface area (Å²) in [5.74, 6) is 0.999. The van der Waals surface area contributed by atoms with Crippen molar-refractivity contribution >= 4 is 5.82 Å². The second-order valence-electron chi connectivity index (χ2n) is 3.90. The third-order valence-corrected chi connectivity index (χ3v) is 2.64. The van der Waals surface area contributed by atoms with Gasteiger partial charge in [-0.3, -0.25) is 4.68 Å². The van der Waals surface area contributed by atoms with Crippen molar-refractivity contribution in [2.45, 2.75) is 25.3 Å². The second-order valence-corrected chi connectivity index (χ2v) is 3.90. The van der Waals surface area contributed by atoms with E-state index in [4.69, 9.17) is 0 Å². The minimum absolute atomic E-state index is 0.583. The number of aryl methyl sites for hydroxylation is 1. The third-order valence-electron chi connectivity index (χ3n) is 2.64. The molecule has 4 heteroatoms. The van der Waals surface area contributed by atoms with Gasteiger partial charge in [0.05, 0.1) is 0 Å². The van der Waals surface area contributed by atoms with Crippen molar-refractivity contribution < 1.29 is 0 Å². The van der Waals surface area contributed by atoms with Crippen LogP contribution >= 0.6 is 0 Å². The van der Waals surface area contributed by atoms with Gasteiger partial charge in [-0.1, -0.05) is 0 Å². The van der Waals surface area contributed by atoms with Gasteiger partial charge in [-0.05, 0) is 32.4 Å². The number of nitrogens with zero attached hydrogens (tertiary/aromatic N) is 2. The van der Waals surface area contributed by atoms with Crippen molar-refractivity contribution in [3.63, 3.8) is 0 Å². The molecule has 1 aromatic heterocycles. The average Bonchev–Trinajstić information content (AvgIpc) is 2.43. The van der Waals surface area contributed by atoms with Crippen LogP contribution in [0.4, 0.5) is 5.82 Å². The van der Waals surface area contributed by atoms with Crippen LogP contribution in [0.25, 0.3) is 0 Å². The van der Waals surface area contributed by atoms with Gasteiger partial charge in [-0.2, -0.15) is 5.10 Å². The molecule has 1 saturated heterocycles. The zero-order chi connectivity index (χ0) is 9.80. The van der Waals surface area contributed by atoms with Gasteiger partial charge < -0.3 is 10.6 Å². The Hall–Kier alpha value is -1.03. The monoisotopic (exact) mass is 194 g/mol. The van der Waals surface area contributed by atoms with Crippen LogP contribution in [0.5, 0.6) is 0 Å². The first-order chi connectivity index (χ1) is 6.84. The molecule has 0 aromatic carbocycles. The lowest BCUT2D eigenvalue weighted by atomic mass is 10.1. The van der Waals surface area contributed by atoms with Gasteiger partial charge in [0, 0.05) is 25.4 Å². The second kappa shape index (κ2) is 4.46. The topological polar surface area (TPSA) is 41.9 Å². The molecule has 0 radical (unpaired) electrons. The lowest BCUT2D eigenvalue weighted by molar-refractivity contribution is 0.631. The summed E-state index contributed by atoms with van der Waals surface area (Å²) in [6.45, 7) is 2.27. The summed E-state index contributed by atoms with van der Waals surface area (Å²) in [6, 6.07) is 2.61. The first kappa shape index (κ1) is 9.52. The average molecular weight is 194 g/mol. The number of rotatable bonds is 2. The molecule has 0 saturated carbocycles. The molecule has 2 heterocycles. The van der Waals surface area contributed by atoms with Gasteiger partial charge in [-0.25, -0.2) is 0 Å². The highest BCUT2D eigenvalue weighted by atomic mass is 15.3. The molecule has 0 spiro atoms. The highest BCUT2D eigenvalue weighted by Gasteiger charge is 2.11. The Bertz CT molecular complexity index is 273. The molecule has 1 aliphatic rings. The fraction of sp³-hybridized carbons (Fsp3) is 0.700. The van der Waals surface area contributed by atoms with Gasteiger partial charge in [0.1, 0.15) is 5.82 Å². The molecular formula is C10H18N4. The molecule has 14 heavy (non-hydrogen) atoms. The fourth-order valence-electron chi connectivity index (χ4n) is 1.86. The van der Waals surface area contributed by atoms with Crippen molar-refractivity contribution in [3.05, 3.63) is 12.3 Å². The maximum Gasteiger partial charge on any atom is 0.148 e. The van der Waals surface area contributed by atoms with E-state index in [1.165, 1.54) is 19.3 Å². The maximum atomic E-state index is 4.32. The standard InChI is InChI=1S/C10H18N4/c1-14-8-5-10(13-14)12-9-3-2-6-11-7-4-9/h5,8-9,11H,2-4,6-7H2,1H3,(H,12,13). The van der Waals surface area contributed by atoms with Crippen LogP contribution in [0, 0.1) is 0 Å². The van der Waals surface area contributed by atoms with E-state index in [1.807, 2.05) is 24.0 Å². The zero-order valence-corrected chi connectivity index (χ0v) is 8.66. The predicted octanol–water partition coefficient (Wildman–Crippen LogP) is 0.974. The van der Waals surface area contributed by atoms with E-state index in [0.717, 1.165) is 18.9 Å². The highest BCUT2D eigenvalue weighted by molar-refractivity contribution is 5.33. The molecule has 2 rings (SSSR count). The molecule has 1 fully saturated rings. The van der Waals surface area contributed by atoms with Crippen LogP contribution in [0.15, 0.2) is 12.3 Å². The first-order valence-corrected chi connectivity index (χ1v) is 5.31. The Morgan fingerprint density at radius 2 is 2.43 bits per heavy atom. The smallest absolute Gasteiger partial charge is 0.148 e. The maximum absolute atomic E-state index is 4.32. The summed E-state index contributed by atoms with van der Waals surface area (Å²) in [5, 5.41) is 11.2. The minimum atomic E-state index is 0.583. The van der Waals surface area contributed by atoms with Crippen molar-refractivity contribution in [3.8, 4) is 0 Å². The molecule has 1 atom stereocenters. The summed E-state index contributed by atoms with van der Waals surface area (Å²) in [7, 11) is 1.94. The van der Waals surface area contributed by atoms with E-state index in [1.54, 1.807) is 0 Å². The molecule has 2 N–H and O–H groups in total.